The lowest BCUT2D eigenvalue weighted by molar-refractivity contribution is -0.141. The van der Waals surface area contributed by atoms with Crippen LogP contribution in [0, 0.1) is 11.6 Å². The fourth-order valence-corrected chi connectivity index (χ4v) is 6.03. The van der Waals surface area contributed by atoms with Gasteiger partial charge in [-0.15, -0.1) is 0 Å². The summed E-state index contributed by atoms with van der Waals surface area (Å²) in [4.78, 5) is 50.7. The van der Waals surface area contributed by atoms with Crippen molar-refractivity contribution < 1.29 is 82.7 Å². The first-order valence-corrected chi connectivity index (χ1v) is 20.7. The summed E-state index contributed by atoms with van der Waals surface area (Å²) in [6.45, 7) is -1.17. The fraction of sp³-hybridized carbons (Fsp3) is 0.224. The summed E-state index contributed by atoms with van der Waals surface area (Å²) in [6.07, 6.45) is -6.41. The normalized spacial score (nSPS) is 12.1. The van der Waals surface area contributed by atoms with Gasteiger partial charge in [-0.3, -0.25) is 0 Å². The van der Waals surface area contributed by atoms with Crippen molar-refractivity contribution in [2.75, 3.05) is 37.9 Å². The van der Waals surface area contributed by atoms with E-state index in [1.165, 1.54) is 78.9 Å². The average molecular weight is 971 g/mol. The van der Waals surface area contributed by atoms with Gasteiger partial charge >= 0.3 is 36.2 Å². The number of esters is 4. The van der Waals surface area contributed by atoms with Crippen LogP contribution < -0.4 is 30.4 Å². The van der Waals surface area contributed by atoms with Crippen molar-refractivity contribution in [3.8, 4) is 23.0 Å². The summed E-state index contributed by atoms with van der Waals surface area (Å²) in [5.41, 5.74) is 13.2. The molecule has 0 atom stereocenters. The number of alkyl halides is 6. The van der Waals surface area contributed by atoms with Crippen molar-refractivity contribution in [2.45, 2.75) is 44.0 Å². The number of ether oxygens (including phenoxy) is 6. The maximum Gasteiger partial charge on any atom is 0.389 e. The van der Waals surface area contributed by atoms with E-state index in [0.717, 1.165) is 36.4 Å². The Kier molecular flexibility index (Phi) is 18.3. The molecule has 4 N–H and O–H groups in total. The van der Waals surface area contributed by atoms with Crippen LogP contribution in [0.5, 0.6) is 23.0 Å². The molecule has 69 heavy (non-hydrogen) atoms. The Labute approximate surface area is 389 Å². The Bertz CT molecular complexity index is 2480. The minimum atomic E-state index is -4.35. The minimum Gasteiger partial charge on any atom is -0.493 e. The molecule has 0 aliphatic rings. The molecule has 0 fully saturated rings. The van der Waals surface area contributed by atoms with E-state index < -0.39 is 77.8 Å². The van der Waals surface area contributed by atoms with Crippen molar-refractivity contribution in [1.82, 2.24) is 0 Å². The number of hydrogen-bond donors (Lipinski definition) is 2. The third kappa shape index (κ3) is 17.7. The summed E-state index contributed by atoms with van der Waals surface area (Å²) < 4.78 is 135. The molecule has 5 aromatic carbocycles. The molecule has 0 saturated carbocycles. The topological polar surface area (TPSA) is 176 Å². The number of benzene rings is 5. The Hall–Kier alpha value is -7.90. The predicted octanol–water partition coefficient (Wildman–Crippen LogP) is 10.6. The van der Waals surface area contributed by atoms with Gasteiger partial charge in [0.2, 0.25) is 0 Å². The van der Waals surface area contributed by atoms with Crippen LogP contribution >= 0.6 is 0 Å². The van der Waals surface area contributed by atoms with E-state index in [1.54, 1.807) is 12.1 Å². The maximum atomic E-state index is 14.6. The number of nitrogen functional groups attached to an aromatic ring is 2. The third-order valence-corrected chi connectivity index (χ3v) is 9.48. The van der Waals surface area contributed by atoms with Crippen molar-refractivity contribution >= 4 is 47.4 Å². The first-order chi connectivity index (χ1) is 32.7. The van der Waals surface area contributed by atoms with Gasteiger partial charge in [-0.25, -0.2) is 28.0 Å². The molecule has 5 aromatic rings. The average Bonchev–Trinajstić information content (AvgIpc) is 3.28. The van der Waals surface area contributed by atoms with E-state index in [0.29, 0.717) is 22.4 Å². The van der Waals surface area contributed by atoms with Crippen molar-refractivity contribution in [3.05, 3.63) is 155 Å². The van der Waals surface area contributed by atoms with Crippen molar-refractivity contribution in [1.29, 1.82) is 0 Å². The summed E-state index contributed by atoms with van der Waals surface area (Å²) in [5.74, 6) is -6.43. The number of halogens is 8. The van der Waals surface area contributed by atoms with E-state index in [1.807, 2.05) is 0 Å². The second-order valence-electron chi connectivity index (χ2n) is 14.8. The van der Waals surface area contributed by atoms with Crippen LogP contribution in [0.15, 0.2) is 115 Å². The van der Waals surface area contributed by atoms with Gasteiger partial charge < -0.3 is 39.9 Å². The molecular weight excluding hydrogens is 929 g/mol. The lowest BCUT2D eigenvalue weighted by Gasteiger charge is -2.19. The molecule has 0 aliphatic carbocycles. The van der Waals surface area contributed by atoms with Crippen LogP contribution in [0.2, 0.25) is 0 Å². The van der Waals surface area contributed by atoms with Gasteiger partial charge in [-0.2, -0.15) is 26.3 Å². The van der Waals surface area contributed by atoms with Gasteiger partial charge in [-0.1, -0.05) is 30.3 Å². The van der Waals surface area contributed by atoms with Crippen LogP contribution in [-0.4, -0.2) is 62.7 Å². The van der Waals surface area contributed by atoms with Gasteiger partial charge in [0.1, 0.15) is 47.8 Å². The molecule has 0 bridgehead atoms. The molecule has 0 aliphatic heterocycles. The molecule has 12 nitrogen and oxygen atoms in total. The van der Waals surface area contributed by atoms with Gasteiger partial charge in [0.25, 0.3) is 0 Å². The van der Waals surface area contributed by atoms with Crippen molar-refractivity contribution in [3.63, 3.8) is 0 Å². The monoisotopic (exact) mass is 970 g/mol. The number of anilines is 2. The van der Waals surface area contributed by atoms with E-state index in [-0.39, 0.29) is 68.0 Å². The van der Waals surface area contributed by atoms with Crippen LogP contribution in [0.25, 0.3) is 12.2 Å². The van der Waals surface area contributed by atoms with E-state index >= 15 is 0 Å². The number of carbonyl (C=O) groups is 4. The lowest BCUT2D eigenvalue weighted by atomic mass is 9.98. The van der Waals surface area contributed by atoms with Crippen LogP contribution in [0.4, 0.5) is 46.5 Å². The van der Waals surface area contributed by atoms with Gasteiger partial charge in [0, 0.05) is 48.5 Å². The Balaban J connectivity index is 1.09. The second-order valence-corrected chi connectivity index (χ2v) is 14.8. The summed E-state index contributed by atoms with van der Waals surface area (Å²) >= 11 is 0. The number of carbonyl (C=O) groups excluding carboxylic acids is 4. The molecule has 0 spiro atoms. The molecule has 0 aromatic heterocycles. The Morgan fingerprint density at radius 3 is 1.32 bits per heavy atom. The molecule has 0 saturated heterocycles. The van der Waals surface area contributed by atoms with Gasteiger partial charge in [-0.05, 0) is 102 Å². The summed E-state index contributed by atoms with van der Waals surface area (Å²) in [7, 11) is 0. The maximum absolute atomic E-state index is 14.6. The molecule has 0 amide bonds. The summed E-state index contributed by atoms with van der Waals surface area (Å²) in [6, 6.07) is 22.5. The highest BCUT2D eigenvalue weighted by Crippen LogP contribution is 2.28. The zero-order valence-corrected chi connectivity index (χ0v) is 36.1. The summed E-state index contributed by atoms with van der Waals surface area (Å²) in [5, 5.41) is 0. The van der Waals surface area contributed by atoms with E-state index in [2.05, 4.69) is 0 Å². The minimum absolute atomic E-state index is 0.0379. The standard InChI is InChI=1S/C49H42F8N2O10/c50-41-26-36(64-23-1-21-48(52,53)54)14-17-39(41)46(62)68-34-10-3-30(4-11-34)7-19-44(60)66-28-32(38-16-9-33(58)25-43(38)59)29-67-45(61)20-8-31-5-12-35(13-6-31)69-47(63)40-18-15-37(27-42(40)51)65-24-2-22-49(55,56)57/h3-20,25-27,32H,1-2,21-24,28-29,58-59H2. The van der Waals surface area contributed by atoms with Gasteiger partial charge in [0.05, 0.1) is 30.3 Å². The van der Waals surface area contributed by atoms with Crippen molar-refractivity contribution in [2.24, 2.45) is 0 Å². The fourth-order valence-electron chi connectivity index (χ4n) is 6.03. The van der Waals surface area contributed by atoms with E-state index in [9.17, 15) is 54.3 Å². The van der Waals surface area contributed by atoms with Crippen LogP contribution in [0.1, 0.15) is 69.0 Å². The Morgan fingerprint density at radius 2 is 0.942 bits per heavy atom. The lowest BCUT2D eigenvalue weighted by Crippen LogP contribution is -2.19. The highest BCUT2D eigenvalue weighted by atomic mass is 19.4. The molecular formula is C49H42F8N2O10. The predicted molar refractivity (Wildman–Crippen MR) is 235 cm³/mol. The zero-order chi connectivity index (χ0) is 50.1. The second kappa shape index (κ2) is 24.2. The highest BCUT2D eigenvalue weighted by Gasteiger charge is 2.27. The highest BCUT2D eigenvalue weighted by molar-refractivity contribution is 5.92. The molecule has 20 heteroatoms. The molecule has 0 heterocycles. The van der Waals surface area contributed by atoms with Gasteiger partial charge in [0.15, 0.2) is 0 Å². The molecule has 364 valence electrons. The first-order valence-electron chi connectivity index (χ1n) is 20.7. The zero-order valence-electron chi connectivity index (χ0n) is 36.1. The number of hydrogen-bond acceptors (Lipinski definition) is 12. The SMILES string of the molecule is Nc1ccc(C(COC(=O)C=Cc2ccc(OC(=O)c3ccc(OCCCC(F)(F)F)cc3F)cc2)COC(=O)C=Cc2ccc(OC(=O)c3ccc(OCCCC(F)(F)F)cc3F)cc2)c(N)c1. The number of nitrogens with two attached hydrogens (primary N) is 2. The van der Waals surface area contributed by atoms with E-state index in [4.69, 9.17) is 39.9 Å². The van der Waals surface area contributed by atoms with Crippen LogP contribution in [-0.2, 0) is 19.1 Å². The largest absolute Gasteiger partial charge is 0.493 e. The number of rotatable bonds is 21. The molecule has 0 radical (unpaired) electrons. The Morgan fingerprint density at radius 1 is 0.536 bits per heavy atom. The third-order valence-electron chi connectivity index (χ3n) is 9.48. The molecule has 5 rings (SSSR count). The first kappa shape index (κ1) is 52.1. The smallest absolute Gasteiger partial charge is 0.389 e. The quantitative estimate of drug-likeness (QED) is 0.0178. The molecule has 0 unspecified atom stereocenters. The van der Waals surface area contributed by atoms with Crippen LogP contribution in [0.3, 0.4) is 0 Å².